The maximum absolute atomic E-state index is 13.1. The first-order valence-electron chi connectivity index (χ1n) is 11.1. The van der Waals surface area contributed by atoms with Crippen molar-refractivity contribution >= 4 is 11.8 Å². The Hall–Kier alpha value is -1.63. The maximum atomic E-state index is 13.1. The summed E-state index contributed by atoms with van der Waals surface area (Å²) < 4.78 is 17.9. The van der Waals surface area contributed by atoms with Crippen LogP contribution in [0.25, 0.3) is 0 Å². The summed E-state index contributed by atoms with van der Waals surface area (Å²) in [5.41, 5.74) is 0.919. The van der Waals surface area contributed by atoms with Gasteiger partial charge in [0.25, 0.3) is 0 Å². The van der Waals surface area contributed by atoms with Gasteiger partial charge in [-0.25, -0.2) is 4.79 Å². The van der Waals surface area contributed by atoms with Crippen molar-refractivity contribution in [3.8, 4) is 0 Å². The number of piperidine rings is 3. The lowest BCUT2D eigenvalue weighted by Crippen LogP contribution is -2.65. The second-order valence-electron chi connectivity index (χ2n) is 8.40. The van der Waals surface area contributed by atoms with Crippen LogP contribution >= 0.6 is 0 Å². The molecule has 1 aromatic rings. The highest BCUT2D eigenvalue weighted by Crippen LogP contribution is 2.36. The standard InChI is InChI=1S/C23H37N2O4/c1-3-4-12-24(21-8-6-5-7-9-21)23(26)29-22-19-25(13-10-20(22)11-14-25)15-16-28-18-17-27-2/h5-9,20,22H,3-4,10-19H2,1-2H3/q+1/t20?,22-,25?/m0/s1. The Balaban J connectivity index is 1.58. The van der Waals surface area contributed by atoms with Crippen LogP contribution in [0.3, 0.4) is 0 Å². The maximum Gasteiger partial charge on any atom is 0.414 e. The number of nitrogens with zero attached hydrogens (tertiary/aromatic N) is 2. The third-order valence-electron chi connectivity index (χ3n) is 6.46. The van der Waals surface area contributed by atoms with Gasteiger partial charge in [-0.3, -0.25) is 4.90 Å². The molecule has 0 spiro atoms. The highest BCUT2D eigenvalue weighted by atomic mass is 16.6. The number of methoxy groups -OCH3 is 1. The van der Waals surface area contributed by atoms with E-state index in [9.17, 15) is 4.79 Å². The normalized spacial score (nSPS) is 25.7. The number of benzene rings is 1. The molecule has 4 rings (SSSR count). The minimum Gasteiger partial charge on any atom is -0.440 e. The molecular formula is C23H37N2O4+. The average molecular weight is 406 g/mol. The molecule has 1 amide bonds. The number of quaternary nitrogens is 1. The van der Waals surface area contributed by atoms with Crippen LogP contribution in [0.15, 0.2) is 30.3 Å². The molecule has 3 fully saturated rings. The van der Waals surface area contributed by atoms with Crippen molar-refractivity contribution in [3.05, 3.63) is 30.3 Å². The quantitative estimate of drug-likeness (QED) is 0.416. The van der Waals surface area contributed by atoms with Crippen molar-refractivity contribution in [2.45, 2.75) is 38.7 Å². The Kier molecular flexibility index (Phi) is 8.33. The minimum absolute atomic E-state index is 0.0109. The van der Waals surface area contributed by atoms with E-state index in [1.54, 1.807) is 12.0 Å². The van der Waals surface area contributed by atoms with Gasteiger partial charge in [-0.05, 0) is 18.6 Å². The summed E-state index contributed by atoms with van der Waals surface area (Å²) in [7, 11) is 1.69. The van der Waals surface area contributed by atoms with E-state index >= 15 is 0 Å². The predicted molar refractivity (Wildman–Crippen MR) is 114 cm³/mol. The van der Waals surface area contributed by atoms with Crippen LogP contribution in [0.5, 0.6) is 0 Å². The third kappa shape index (κ3) is 5.93. The van der Waals surface area contributed by atoms with Gasteiger partial charge in [-0.2, -0.15) is 0 Å². The second kappa shape index (κ2) is 11.0. The van der Waals surface area contributed by atoms with Crippen molar-refractivity contribution in [2.75, 3.05) is 64.6 Å². The number of hydrogen-bond donors (Lipinski definition) is 0. The highest BCUT2D eigenvalue weighted by Gasteiger charge is 2.47. The van der Waals surface area contributed by atoms with E-state index < -0.39 is 0 Å². The lowest BCUT2D eigenvalue weighted by Gasteiger charge is -2.52. The first kappa shape index (κ1) is 22.1. The third-order valence-corrected chi connectivity index (χ3v) is 6.46. The summed E-state index contributed by atoms with van der Waals surface area (Å²) in [4.78, 5) is 14.9. The molecule has 3 heterocycles. The summed E-state index contributed by atoms with van der Waals surface area (Å²) in [6.07, 6.45) is 4.10. The summed E-state index contributed by atoms with van der Waals surface area (Å²) in [6.45, 7) is 9.10. The number of ether oxygens (including phenoxy) is 3. The first-order valence-corrected chi connectivity index (χ1v) is 11.1. The van der Waals surface area contributed by atoms with Crippen LogP contribution < -0.4 is 4.90 Å². The summed E-state index contributed by atoms with van der Waals surface area (Å²) in [5.74, 6) is 0.497. The van der Waals surface area contributed by atoms with Gasteiger partial charge >= 0.3 is 6.09 Å². The zero-order valence-corrected chi connectivity index (χ0v) is 18.1. The Morgan fingerprint density at radius 2 is 1.90 bits per heavy atom. The lowest BCUT2D eigenvalue weighted by atomic mass is 9.83. The molecular weight excluding hydrogens is 368 g/mol. The van der Waals surface area contributed by atoms with E-state index in [2.05, 4.69) is 6.92 Å². The van der Waals surface area contributed by atoms with Crippen LogP contribution in [-0.4, -0.2) is 76.3 Å². The van der Waals surface area contributed by atoms with E-state index in [-0.39, 0.29) is 12.2 Å². The van der Waals surface area contributed by atoms with Crippen molar-refractivity contribution in [3.63, 3.8) is 0 Å². The van der Waals surface area contributed by atoms with Crippen molar-refractivity contribution in [1.29, 1.82) is 0 Å². The predicted octanol–water partition coefficient (Wildman–Crippen LogP) is 3.70. The zero-order chi connectivity index (χ0) is 20.5. The van der Waals surface area contributed by atoms with Crippen LogP contribution in [0.4, 0.5) is 10.5 Å². The zero-order valence-electron chi connectivity index (χ0n) is 18.1. The Labute approximate surface area is 175 Å². The molecule has 0 N–H and O–H groups in total. The molecule has 0 aliphatic carbocycles. The van der Waals surface area contributed by atoms with Crippen LogP contribution in [0.1, 0.15) is 32.6 Å². The number of para-hydroxylation sites is 1. The van der Waals surface area contributed by atoms with Crippen molar-refractivity contribution in [1.82, 2.24) is 0 Å². The summed E-state index contributed by atoms with van der Waals surface area (Å²) in [6, 6.07) is 9.89. The van der Waals surface area contributed by atoms with Crippen molar-refractivity contribution < 1.29 is 23.5 Å². The van der Waals surface area contributed by atoms with E-state index in [1.807, 2.05) is 30.3 Å². The van der Waals surface area contributed by atoms with E-state index in [4.69, 9.17) is 14.2 Å². The Bertz CT molecular complexity index is 617. The largest absolute Gasteiger partial charge is 0.440 e. The number of fused-ring (bicyclic) bond motifs is 3. The van der Waals surface area contributed by atoms with E-state index in [0.717, 1.165) is 55.6 Å². The number of rotatable bonds is 11. The first-order chi connectivity index (χ1) is 14.2. The molecule has 2 bridgehead atoms. The average Bonchev–Trinajstić information content (AvgIpc) is 2.75. The van der Waals surface area contributed by atoms with Gasteiger partial charge in [0.1, 0.15) is 13.1 Å². The number of carbonyl (C=O) groups is 1. The molecule has 3 aliphatic rings. The van der Waals surface area contributed by atoms with Crippen LogP contribution in [0.2, 0.25) is 0 Å². The summed E-state index contributed by atoms with van der Waals surface area (Å²) >= 11 is 0. The molecule has 3 aliphatic heterocycles. The van der Waals surface area contributed by atoms with Gasteiger partial charge in [-0.15, -0.1) is 0 Å². The van der Waals surface area contributed by atoms with Gasteiger partial charge in [0.15, 0.2) is 6.10 Å². The molecule has 1 aromatic carbocycles. The topological polar surface area (TPSA) is 48.0 Å². The summed E-state index contributed by atoms with van der Waals surface area (Å²) in [5, 5.41) is 0. The minimum atomic E-state index is -0.196. The molecule has 29 heavy (non-hydrogen) atoms. The fourth-order valence-corrected chi connectivity index (χ4v) is 4.61. The number of carbonyl (C=O) groups excluding carboxylic acids is 1. The Morgan fingerprint density at radius 3 is 2.59 bits per heavy atom. The van der Waals surface area contributed by atoms with Gasteiger partial charge in [0.2, 0.25) is 0 Å². The molecule has 0 radical (unpaired) electrons. The number of unbranched alkanes of at least 4 members (excludes halogenated alkanes) is 1. The SMILES string of the molecule is CCCCN(C(=O)O[C@H]1C[N+]2(CCOCCOC)CCC1CC2)c1ccccc1. The van der Waals surface area contributed by atoms with Crippen LogP contribution in [-0.2, 0) is 14.2 Å². The number of amides is 1. The van der Waals surface area contributed by atoms with Gasteiger partial charge < -0.3 is 18.7 Å². The van der Waals surface area contributed by atoms with Crippen molar-refractivity contribution in [2.24, 2.45) is 5.92 Å². The molecule has 0 unspecified atom stereocenters. The molecule has 6 heteroatoms. The second-order valence-corrected chi connectivity index (χ2v) is 8.40. The highest BCUT2D eigenvalue weighted by molar-refractivity contribution is 5.87. The van der Waals surface area contributed by atoms with Gasteiger partial charge in [0, 0.05) is 38.1 Å². The number of hydrogen-bond acceptors (Lipinski definition) is 4. The lowest BCUT2D eigenvalue weighted by molar-refractivity contribution is -0.946. The molecule has 162 valence electrons. The Morgan fingerprint density at radius 1 is 1.14 bits per heavy atom. The van der Waals surface area contributed by atoms with Gasteiger partial charge in [0.05, 0.1) is 32.9 Å². The molecule has 0 saturated carbocycles. The molecule has 1 atom stereocenters. The smallest absolute Gasteiger partial charge is 0.414 e. The van der Waals surface area contributed by atoms with E-state index in [1.165, 1.54) is 13.1 Å². The molecule has 3 saturated heterocycles. The fourth-order valence-electron chi connectivity index (χ4n) is 4.61. The van der Waals surface area contributed by atoms with Gasteiger partial charge in [-0.1, -0.05) is 31.5 Å². The monoisotopic (exact) mass is 405 g/mol. The number of anilines is 1. The fraction of sp³-hybridized carbons (Fsp3) is 0.696. The molecule has 6 nitrogen and oxygen atoms in total. The molecule has 0 aromatic heterocycles. The van der Waals surface area contributed by atoms with E-state index in [0.29, 0.717) is 25.7 Å². The van der Waals surface area contributed by atoms with Crippen LogP contribution in [0, 0.1) is 5.92 Å².